The Bertz CT molecular complexity index is 1740. The fourth-order valence-electron chi connectivity index (χ4n) is 7.56. The molecule has 51 heavy (non-hydrogen) atoms. The van der Waals surface area contributed by atoms with Crippen LogP contribution in [0.1, 0.15) is 116 Å². The number of rotatable bonds is 16. The van der Waals surface area contributed by atoms with Crippen LogP contribution in [-0.2, 0) is 14.9 Å². The maximum atomic E-state index is 6.73. The molecule has 4 radical (unpaired) electrons. The van der Waals surface area contributed by atoms with E-state index in [1.165, 1.54) is 39.0 Å². The van der Waals surface area contributed by atoms with Gasteiger partial charge in [-0.2, -0.15) is 0 Å². The average molecular weight is 683 g/mol. The van der Waals surface area contributed by atoms with Gasteiger partial charge in [-0.25, -0.2) is 0 Å². The number of ether oxygens (including phenoxy) is 4. The molecule has 6 heteroatoms. The summed E-state index contributed by atoms with van der Waals surface area (Å²) in [5.74, 6) is 5.06. The van der Waals surface area contributed by atoms with Crippen LogP contribution in [0.15, 0.2) is 71.7 Å². The fourth-order valence-corrected chi connectivity index (χ4v) is 7.56. The Morgan fingerprint density at radius 3 is 1.59 bits per heavy atom. The zero-order valence-corrected chi connectivity index (χ0v) is 32.2. The normalized spacial score (nSPS) is 19.0. The summed E-state index contributed by atoms with van der Waals surface area (Å²) >= 11 is 0. The molecule has 0 fully saturated rings. The molecule has 4 nitrogen and oxygen atoms in total. The highest BCUT2D eigenvalue weighted by molar-refractivity contribution is 6.33. The molecule has 3 aliphatic carbocycles. The molecule has 0 aromatic heterocycles. The van der Waals surface area contributed by atoms with E-state index in [4.69, 9.17) is 34.6 Å². The molecule has 0 saturated carbocycles. The topological polar surface area (TPSA) is 36.9 Å². The molecule has 0 saturated heterocycles. The van der Waals surface area contributed by atoms with Crippen molar-refractivity contribution >= 4 is 26.6 Å². The van der Waals surface area contributed by atoms with Crippen molar-refractivity contribution in [1.82, 2.24) is 0 Å². The van der Waals surface area contributed by atoms with E-state index < -0.39 is 5.41 Å². The first-order valence-electron chi connectivity index (χ1n) is 19.5. The third kappa shape index (κ3) is 7.01. The van der Waals surface area contributed by atoms with Crippen molar-refractivity contribution in [2.24, 2.45) is 23.7 Å². The molecular formula is C45H56B2O4. The molecule has 266 valence electrons. The standard InChI is InChI=1S/C45H56B2O4/c1-9-27(5)23-48-41-19-35-36-20-42(49-24-28(6)10-2)44(51-26-30(8)12-4)22-40(36)45(39(35)21-43(41)50-25-29(7)11-3)37-17-31(46)13-15-33(37)34-16-14-32(47)18-38(34)45/h13-19,21-22,27-30,36H,9-12,20,23-26H2,1-8H3. The summed E-state index contributed by atoms with van der Waals surface area (Å²) in [5.41, 5.74) is 9.19. The molecular weight excluding hydrogens is 626 g/mol. The van der Waals surface area contributed by atoms with E-state index in [-0.39, 0.29) is 5.92 Å². The largest absolute Gasteiger partial charge is 0.494 e. The summed E-state index contributed by atoms with van der Waals surface area (Å²) < 4.78 is 26.8. The van der Waals surface area contributed by atoms with Crippen molar-refractivity contribution in [1.29, 1.82) is 0 Å². The van der Waals surface area contributed by atoms with Crippen molar-refractivity contribution in [3.8, 4) is 22.6 Å². The second kappa shape index (κ2) is 15.6. The van der Waals surface area contributed by atoms with E-state index in [2.05, 4.69) is 97.9 Å². The summed E-state index contributed by atoms with van der Waals surface area (Å²) in [4.78, 5) is 0. The molecule has 0 bridgehead atoms. The molecule has 0 amide bonds. The van der Waals surface area contributed by atoms with Crippen LogP contribution in [0.4, 0.5) is 0 Å². The second-order valence-corrected chi connectivity index (χ2v) is 15.7. The second-order valence-electron chi connectivity index (χ2n) is 15.7. The molecule has 3 aliphatic rings. The van der Waals surface area contributed by atoms with Crippen LogP contribution in [0.3, 0.4) is 0 Å². The van der Waals surface area contributed by atoms with Gasteiger partial charge in [0.2, 0.25) is 0 Å². The van der Waals surface area contributed by atoms with E-state index in [1.54, 1.807) is 0 Å². The van der Waals surface area contributed by atoms with Gasteiger partial charge in [-0.15, -0.1) is 0 Å². The number of allylic oxidation sites excluding steroid dienone is 3. The number of benzene rings is 3. The zero-order valence-electron chi connectivity index (χ0n) is 32.2. The monoisotopic (exact) mass is 682 g/mol. The van der Waals surface area contributed by atoms with Crippen LogP contribution in [0.5, 0.6) is 11.5 Å². The Morgan fingerprint density at radius 1 is 0.608 bits per heavy atom. The van der Waals surface area contributed by atoms with Crippen LogP contribution in [-0.4, -0.2) is 42.1 Å². The highest BCUT2D eigenvalue weighted by atomic mass is 16.5. The van der Waals surface area contributed by atoms with Crippen LogP contribution >= 0.6 is 0 Å². The van der Waals surface area contributed by atoms with Crippen molar-refractivity contribution in [2.75, 3.05) is 26.4 Å². The van der Waals surface area contributed by atoms with Gasteiger partial charge in [0.1, 0.15) is 21.5 Å². The van der Waals surface area contributed by atoms with Gasteiger partial charge < -0.3 is 18.9 Å². The maximum absolute atomic E-state index is 6.73. The van der Waals surface area contributed by atoms with Crippen LogP contribution < -0.4 is 20.4 Å². The van der Waals surface area contributed by atoms with Crippen molar-refractivity contribution in [3.05, 3.63) is 94.0 Å². The summed E-state index contributed by atoms with van der Waals surface area (Å²) in [7, 11) is 13.3. The van der Waals surface area contributed by atoms with E-state index in [9.17, 15) is 0 Å². The van der Waals surface area contributed by atoms with Gasteiger partial charge in [0.15, 0.2) is 17.3 Å². The van der Waals surface area contributed by atoms with Crippen molar-refractivity contribution in [3.63, 3.8) is 0 Å². The minimum Gasteiger partial charge on any atom is -0.494 e. The minimum atomic E-state index is -0.646. The van der Waals surface area contributed by atoms with Gasteiger partial charge in [-0.3, -0.25) is 0 Å². The Hall–Kier alpha value is -3.53. The summed E-state index contributed by atoms with van der Waals surface area (Å²) in [6.07, 6.45) is 7.18. The quantitative estimate of drug-likeness (QED) is 0.141. The lowest BCUT2D eigenvalue weighted by Crippen LogP contribution is -2.30. The molecule has 6 rings (SSSR count). The summed E-state index contributed by atoms with van der Waals surface area (Å²) in [5, 5.41) is 0. The zero-order chi connectivity index (χ0) is 36.4. The molecule has 5 unspecified atom stereocenters. The van der Waals surface area contributed by atoms with Crippen molar-refractivity contribution in [2.45, 2.75) is 98.8 Å². The molecule has 1 spiro atoms. The Morgan fingerprint density at radius 2 is 1.08 bits per heavy atom. The van der Waals surface area contributed by atoms with Gasteiger partial charge in [0.05, 0.1) is 31.8 Å². The Balaban J connectivity index is 1.63. The van der Waals surface area contributed by atoms with Gasteiger partial charge in [0, 0.05) is 12.3 Å². The smallest absolute Gasteiger partial charge is 0.161 e. The molecule has 5 atom stereocenters. The van der Waals surface area contributed by atoms with Gasteiger partial charge in [0.25, 0.3) is 0 Å². The number of fused-ring (bicyclic) bond motifs is 10. The summed E-state index contributed by atoms with van der Waals surface area (Å²) in [6, 6.07) is 17.2. The molecule has 0 N–H and O–H groups in total. The van der Waals surface area contributed by atoms with E-state index >= 15 is 0 Å². The van der Waals surface area contributed by atoms with E-state index in [0.717, 1.165) is 59.6 Å². The maximum Gasteiger partial charge on any atom is 0.161 e. The van der Waals surface area contributed by atoms with E-state index in [1.807, 2.05) is 12.1 Å². The van der Waals surface area contributed by atoms with Crippen LogP contribution in [0.25, 0.3) is 11.1 Å². The predicted octanol–water partition coefficient (Wildman–Crippen LogP) is 9.20. The number of hydrogen-bond donors (Lipinski definition) is 0. The third-order valence-corrected chi connectivity index (χ3v) is 11.7. The predicted molar refractivity (Wildman–Crippen MR) is 212 cm³/mol. The first kappa shape index (κ1) is 37.2. The molecule has 0 aliphatic heterocycles. The summed E-state index contributed by atoms with van der Waals surface area (Å²) in [6.45, 7) is 20.3. The van der Waals surface area contributed by atoms with Crippen molar-refractivity contribution < 1.29 is 18.9 Å². The minimum absolute atomic E-state index is 0.0270. The van der Waals surface area contributed by atoms with Crippen LogP contribution in [0.2, 0.25) is 0 Å². The lowest BCUT2D eigenvalue weighted by molar-refractivity contribution is 0.116. The molecule has 0 heterocycles. The molecule has 3 aromatic rings. The third-order valence-electron chi connectivity index (χ3n) is 11.7. The lowest BCUT2D eigenvalue weighted by atomic mass is 9.67. The molecule has 3 aromatic carbocycles. The average Bonchev–Trinajstić information content (AvgIpc) is 3.57. The van der Waals surface area contributed by atoms with Gasteiger partial charge >= 0.3 is 0 Å². The lowest BCUT2D eigenvalue weighted by Gasteiger charge is -2.35. The number of hydrogen-bond acceptors (Lipinski definition) is 4. The Kier molecular flexibility index (Phi) is 11.4. The van der Waals surface area contributed by atoms with Gasteiger partial charge in [-0.1, -0.05) is 128 Å². The highest BCUT2D eigenvalue weighted by Crippen LogP contribution is 2.66. The Labute approximate surface area is 310 Å². The van der Waals surface area contributed by atoms with E-state index in [0.29, 0.717) is 56.5 Å². The fraction of sp³-hybridized carbons (Fsp3) is 0.511. The SMILES string of the molecule is [B]c1ccc2c(c1)C1(C3=CC(OCC(C)CC)=C(OCC(C)CC)CC3c3cc(OCC(C)CC)c(OCC(C)CC)cc31)c1cc([B])ccc1-2. The van der Waals surface area contributed by atoms with Crippen LogP contribution in [0, 0.1) is 23.7 Å². The van der Waals surface area contributed by atoms with Gasteiger partial charge in [-0.05, 0) is 80.8 Å². The highest BCUT2D eigenvalue weighted by Gasteiger charge is 2.57. The first-order valence-corrected chi connectivity index (χ1v) is 19.5. The first-order chi connectivity index (χ1) is 24.5.